The van der Waals surface area contributed by atoms with Crippen molar-refractivity contribution in [3.8, 4) is 11.3 Å². The lowest BCUT2D eigenvalue weighted by Crippen LogP contribution is -2.57. The number of fused-ring (bicyclic) bond motifs is 5. The monoisotopic (exact) mass is 393 g/mol. The Bertz CT molecular complexity index is 1040. The second-order valence-electron chi connectivity index (χ2n) is 8.62. The molecule has 9 nitrogen and oxygen atoms in total. The van der Waals surface area contributed by atoms with Crippen LogP contribution in [-0.2, 0) is 9.47 Å². The Hall–Kier alpha value is -2.65. The number of piperidine rings is 1. The van der Waals surface area contributed by atoms with Crippen molar-refractivity contribution in [1.82, 2.24) is 24.8 Å². The summed E-state index contributed by atoms with van der Waals surface area (Å²) in [4.78, 5) is 9.84. The fourth-order valence-electron chi connectivity index (χ4n) is 5.26. The van der Waals surface area contributed by atoms with Gasteiger partial charge in [-0.05, 0) is 18.9 Å². The van der Waals surface area contributed by atoms with Crippen LogP contribution >= 0.6 is 0 Å². The maximum Gasteiger partial charge on any atom is 0.169 e. The van der Waals surface area contributed by atoms with Crippen LogP contribution in [0.2, 0.25) is 0 Å². The molecular weight excluding hydrogens is 370 g/mol. The minimum Gasteiger partial charge on any atom is -0.371 e. The first-order valence-corrected chi connectivity index (χ1v) is 10.5. The number of hydrogen-bond donors (Lipinski definition) is 1. The van der Waals surface area contributed by atoms with Crippen molar-refractivity contribution in [3.63, 3.8) is 0 Å². The normalized spacial score (nSPS) is 30.8. The van der Waals surface area contributed by atoms with E-state index < -0.39 is 0 Å². The molecule has 0 saturated carbocycles. The lowest BCUT2D eigenvalue weighted by atomic mass is 9.99. The number of aromatic amines is 1. The molecule has 29 heavy (non-hydrogen) atoms. The quantitative estimate of drug-likeness (QED) is 0.721. The minimum atomic E-state index is 0.319. The number of nitrogens with one attached hydrogen (secondary N) is 1. The number of anilines is 2. The van der Waals surface area contributed by atoms with Crippen LogP contribution < -0.4 is 9.80 Å². The van der Waals surface area contributed by atoms with Gasteiger partial charge in [-0.15, -0.1) is 0 Å². The van der Waals surface area contributed by atoms with Crippen molar-refractivity contribution in [1.29, 1.82) is 0 Å². The van der Waals surface area contributed by atoms with E-state index in [2.05, 4.69) is 26.1 Å². The molecule has 0 spiro atoms. The van der Waals surface area contributed by atoms with E-state index in [-0.39, 0.29) is 0 Å². The van der Waals surface area contributed by atoms with Crippen LogP contribution in [0, 0.1) is 0 Å². The van der Waals surface area contributed by atoms with Crippen LogP contribution in [0.3, 0.4) is 0 Å². The van der Waals surface area contributed by atoms with E-state index >= 15 is 0 Å². The Morgan fingerprint density at radius 1 is 0.966 bits per heavy atom. The van der Waals surface area contributed by atoms with Gasteiger partial charge in [-0.3, -0.25) is 5.10 Å². The minimum absolute atomic E-state index is 0.319. The molecule has 5 aliphatic rings. The van der Waals surface area contributed by atoms with Gasteiger partial charge in [0.1, 0.15) is 11.6 Å². The van der Waals surface area contributed by atoms with E-state index in [9.17, 15) is 0 Å². The lowest BCUT2D eigenvalue weighted by Gasteiger charge is -2.47. The van der Waals surface area contributed by atoms with Crippen LogP contribution in [0.5, 0.6) is 0 Å². The highest BCUT2D eigenvalue weighted by Gasteiger charge is 2.40. The number of rotatable bonds is 3. The van der Waals surface area contributed by atoms with Crippen molar-refractivity contribution < 1.29 is 9.47 Å². The molecule has 3 aromatic rings. The highest BCUT2D eigenvalue weighted by Crippen LogP contribution is 2.36. The number of hydrogen-bond acceptors (Lipinski definition) is 7. The summed E-state index contributed by atoms with van der Waals surface area (Å²) in [6, 6.07) is 4.16. The van der Waals surface area contributed by atoms with Gasteiger partial charge in [0.25, 0.3) is 0 Å². The summed E-state index contributed by atoms with van der Waals surface area (Å²) in [5, 5.41) is 11.9. The number of nitrogens with zero attached hydrogens (tertiary/aromatic N) is 6. The van der Waals surface area contributed by atoms with Gasteiger partial charge in [0.05, 0.1) is 41.9 Å². The van der Waals surface area contributed by atoms with E-state index in [4.69, 9.17) is 19.6 Å². The Morgan fingerprint density at radius 3 is 2.41 bits per heavy atom. The van der Waals surface area contributed by atoms with Crippen molar-refractivity contribution in [2.45, 2.75) is 43.7 Å². The molecule has 1 N–H and O–H groups in total. The first-order valence-electron chi connectivity index (χ1n) is 10.5. The van der Waals surface area contributed by atoms with Gasteiger partial charge in [0, 0.05) is 44.9 Å². The largest absolute Gasteiger partial charge is 0.371 e. The number of aromatic nitrogens is 5. The van der Waals surface area contributed by atoms with E-state index in [1.54, 1.807) is 6.20 Å². The summed E-state index contributed by atoms with van der Waals surface area (Å²) in [6.07, 6.45) is 8.43. The fourth-order valence-corrected chi connectivity index (χ4v) is 5.26. The molecule has 9 heteroatoms. The standard InChI is InChI=1S/C20H23N7O2/c1-2-13-9-26(8-12(1)28-13)19-6-18(25-10-14-5-15(11-25)29-14)23-20-16(7-22-27(19)20)17-3-4-21-24-17/h3-4,6-7,12-15H,1-2,5,8-11H2,(H,21,24). The van der Waals surface area contributed by atoms with Crippen LogP contribution in [0.1, 0.15) is 19.3 Å². The summed E-state index contributed by atoms with van der Waals surface area (Å²) < 4.78 is 13.9. The van der Waals surface area contributed by atoms with Gasteiger partial charge in [0.2, 0.25) is 0 Å². The molecule has 4 bridgehead atoms. The fraction of sp³-hybridized carbons (Fsp3) is 0.550. The van der Waals surface area contributed by atoms with Gasteiger partial charge >= 0.3 is 0 Å². The van der Waals surface area contributed by atoms with Crippen LogP contribution in [-0.4, -0.2) is 75.4 Å². The maximum absolute atomic E-state index is 6.06. The van der Waals surface area contributed by atoms with Crippen molar-refractivity contribution in [2.75, 3.05) is 36.0 Å². The predicted molar refractivity (Wildman–Crippen MR) is 106 cm³/mol. The maximum atomic E-state index is 6.06. The molecule has 5 fully saturated rings. The van der Waals surface area contributed by atoms with Gasteiger partial charge in [-0.2, -0.15) is 14.7 Å². The molecule has 0 aromatic carbocycles. The molecule has 150 valence electrons. The Labute approximate surface area is 167 Å². The van der Waals surface area contributed by atoms with Crippen LogP contribution in [0.25, 0.3) is 16.9 Å². The van der Waals surface area contributed by atoms with Gasteiger partial charge in [0.15, 0.2) is 5.65 Å². The second kappa shape index (κ2) is 5.93. The van der Waals surface area contributed by atoms with Gasteiger partial charge in [-0.25, -0.2) is 4.98 Å². The molecule has 5 aliphatic heterocycles. The van der Waals surface area contributed by atoms with Crippen molar-refractivity contribution in [2.24, 2.45) is 0 Å². The summed E-state index contributed by atoms with van der Waals surface area (Å²) in [5.41, 5.74) is 2.77. The van der Waals surface area contributed by atoms with E-state index in [1.165, 1.54) is 6.42 Å². The Morgan fingerprint density at radius 2 is 1.69 bits per heavy atom. The first-order chi connectivity index (χ1) is 14.3. The number of morpholine rings is 2. The molecular formula is C20H23N7O2. The summed E-state index contributed by atoms with van der Waals surface area (Å²) >= 11 is 0. The van der Waals surface area contributed by atoms with Crippen molar-refractivity contribution >= 4 is 17.3 Å². The van der Waals surface area contributed by atoms with Gasteiger partial charge in [-0.1, -0.05) is 0 Å². The Balaban J connectivity index is 1.36. The molecule has 0 radical (unpaired) electrons. The average Bonchev–Trinajstić information content (AvgIpc) is 3.46. The first kappa shape index (κ1) is 16.2. The highest BCUT2D eigenvalue weighted by atomic mass is 16.5. The summed E-state index contributed by atoms with van der Waals surface area (Å²) in [5.74, 6) is 2.10. The molecule has 0 aliphatic carbocycles. The topological polar surface area (TPSA) is 83.8 Å². The Kier molecular flexibility index (Phi) is 3.31. The van der Waals surface area contributed by atoms with E-state index in [0.29, 0.717) is 24.4 Å². The summed E-state index contributed by atoms with van der Waals surface area (Å²) in [6.45, 7) is 3.62. The zero-order chi connectivity index (χ0) is 18.9. The third-order valence-electron chi connectivity index (χ3n) is 6.68. The average molecular weight is 393 g/mol. The molecule has 0 amide bonds. The van der Waals surface area contributed by atoms with Crippen LogP contribution in [0.4, 0.5) is 11.6 Å². The zero-order valence-corrected chi connectivity index (χ0v) is 16.1. The zero-order valence-electron chi connectivity index (χ0n) is 16.1. The SMILES string of the molecule is c1cc(-c2cnn3c(N4CC5CCC(C4)O5)cc(N4CC5CC(C4)O5)nc23)[nH]n1. The third-order valence-corrected chi connectivity index (χ3v) is 6.68. The third kappa shape index (κ3) is 2.50. The number of H-pyrrole nitrogens is 1. The molecule has 5 saturated heterocycles. The highest BCUT2D eigenvalue weighted by molar-refractivity contribution is 5.77. The predicted octanol–water partition coefficient (Wildman–Crippen LogP) is 1.46. The lowest BCUT2D eigenvalue weighted by molar-refractivity contribution is -0.133. The van der Waals surface area contributed by atoms with E-state index in [1.807, 2.05) is 16.8 Å². The molecule has 8 heterocycles. The van der Waals surface area contributed by atoms with Gasteiger partial charge < -0.3 is 19.3 Å². The summed E-state index contributed by atoms with van der Waals surface area (Å²) in [7, 11) is 0. The molecule has 8 rings (SSSR count). The smallest absolute Gasteiger partial charge is 0.169 e. The number of ether oxygens (including phenoxy) is 2. The van der Waals surface area contributed by atoms with Crippen molar-refractivity contribution in [3.05, 3.63) is 24.5 Å². The molecule has 4 unspecified atom stereocenters. The molecule has 3 aromatic heterocycles. The second-order valence-corrected chi connectivity index (χ2v) is 8.62. The van der Waals surface area contributed by atoms with E-state index in [0.717, 1.165) is 67.6 Å². The molecule has 4 atom stereocenters. The van der Waals surface area contributed by atoms with Crippen LogP contribution in [0.15, 0.2) is 24.5 Å².